The van der Waals surface area contributed by atoms with Crippen LogP contribution in [0.2, 0.25) is 0 Å². The lowest BCUT2D eigenvalue weighted by atomic mass is 10.0. The molecule has 0 saturated heterocycles. The summed E-state index contributed by atoms with van der Waals surface area (Å²) in [6.07, 6.45) is 0.441. The number of hydrogen-bond donors (Lipinski definition) is 3. The Morgan fingerprint density at radius 3 is 2.75 bits per heavy atom. The van der Waals surface area contributed by atoms with Gasteiger partial charge in [0.15, 0.2) is 0 Å². The fourth-order valence-corrected chi connectivity index (χ4v) is 1.13. The molecule has 0 aromatic heterocycles. The average molecular weight is 232 g/mol. The van der Waals surface area contributed by atoms with Crippen LogP contribution >= 0.6 is 0 Å². The molecule has 0 aromatic rings. The maximum atomic E-state index is 11.3. The van der Waals surface area contributed by atoms with Crippen molar-refractivity contribution in [3.8, 4) is 0 Å². The Hall–Kier alpha value is -0.650. The van der Waals surface area contributed by atoms with Gasteiger partial charge in [-0.05, 0) is 5.92 Å². The number of carbonyl (C=O) groups is 1. The lowest BCUT2D eigenvalue weighted by Gasteiger charge is -2.17. The first-order chi connectivity index (χ1) is 7.61. The molecule has 0 radical (unpaired) electrons. The smallest absolute Gasteiger partial charge is 0.234 e. The SMILES string of the molecule is CCC(C)C(O)CNC(=O)CNCCOC. The van der Waals surface area contributed by atoms with E-state index < -0.39 is 6.10 Å². The van der Waals surface area contributed by atoms with Gasteiger partial charge in [-0.1, -0.05) is 20.3 Å². The molecule has 0 aromatic carbocycles. The largest absolute Gasteiger partial charge is 0.391 e. The molecule has 2 atom stereocenters. The van der Waals surface area contributed by atoms with Crippen LogP contribution in [0, 0.1) is 5.92 Å². The predicted octanol–water partition coefficient (Wildman–Crippen LogP) is -0.254. The Morgan fingerprint density at radius 2 is 2.19 bits per heavy atom. The molecule has 5 heteroatoms. The number of methoxy groups -OCH3 is 1. The van der Waals surface area contributed by atoms with Crippen molar-refractivity contribution in [2.75, 3.05) is 33.4 Å². The summed E-state index contributed by atoms with van der Waals surface area (Å²) in [7, 11) is 1.62. The zero-order chi connectivity index (χ0) is 12.4. The van der Waals surface area contributed by atoms with Gasteiger partial charge in [-0.3, -0.25) is 4.79 Å². The highest BCUT2D eigenvalue weighted by atomic mass is 16.5. The van der Waals surface area contributed by atoms with E-state index >= 15 is 0 Å². The first-order valence-electron chi connectivity index (χ1n) is 5.76. The van der Waals surface area contributed by atoms with Gasteiger partial charge in [0.25, 0.3) is 0 Å². The minimum absolute atomic E-state index is 0.0987. The van der Waals surface area contributed by atoms with Crippen LogP contribution in [0.4, 0.5) is 0 Å². The molecular weight excluding hydrogens is 208 g/mol. The Labute approximate surface area is 97.6 Å². The molecule has 5 nitrogen and oxygen atoms in total. The number of nitrogens with one attached hydrogen (secondary N) is 2. The monoisotopic (exact) mass is 232 g/mol. The van der Waals surface area contributed by atoms with Crippen LogP contribution in [-0.2, 0) is 9.53 Å². The van der Waals surface area contributed by atoms with Gasteiger partial charge in [-0.2, -0.15) is 0 Å². The van der Waals surface area contributed by atoms with Crippen molar-refractivity contribution in [1.29, 1.82) is 0 Å². The van der Waals surface area contributed by atoms with E-state index in [9.17, 15) is 9.90 Å². The summed E-state index contributed by atoms with van der Waals surface area (Å²) >= 11 is 0. The number of hydrogen-bond acceptors (Lipinski definition) is 4. The average Bonchev–Trinajstić information content (AvgIpc) is 2.30. The number of aliphatic hydroxyl groups excluding tert-OH is 1. The summed E-state index contributed by atoms with van der Waals surface area (Å²) in [5, 5.41) is 15.2. The molecule has 0 aliphatic rings. The first-order valence-corrected chi connectivity index (χ1v) is 5.76. The van der Waals surface area contributed by atoms with E-state index in [2.05, 4.69) is 10.6 Å². The molecule has 16 heavy (non-hydrogen) atoms. The highest BCUT2D eigenvalue weighted by Crippen LogP contribution is 2.05. The summed E-state index contributed by atoms with van der Waals surface area (Å²) in [5.41, 5.74) is 0. The minimum atomic E-state index is -0.465. The van der Waals surface area contributed by atoms with Crippen LogP contribution in [0.1, 0.15) is 20.3 Å². The number of rotatable bonds is 9. The third-order valence-corrected chi connectivity index (χ3v) is 2.58. The Balaban J connectivity index is 3.49. The molecule has 0 fully saturated rings. The van der Waals surface area contributed by atoms with Crippen molar-refractivity contribution >= 4 is 5.91 Å². The predicted molar refractivity (Wildman–Crippen MR) is 63.2 cm³/mol. The number of amides is 1. The summed E-state index contributed by atoms with van der Waals surface area (Å²) in [6.45, 7) is 5.80. The van der Waals surface area contributed by atoms with E-state index in [-0.39, 0.29) is 18.4 Å². The standard InChI is InChI=1S/C11H24N2O3/c1-4-9(2)10(14)7-13-11(15)8-12-5-6-16-3/h9-10,12,14H,4-8H2,1-3H3,(H,13,15). The van der Waals surface area contributed by atoms with Crippen molar-refractivity contribution in [2.24, 2.45) is 5.92 Å². The normalized spacial score (nSPS) is 14.5. The van der Waals surface area contributed by atoms with Gasteiger partial charge in [-0.15, -0.1) is 0 Å². The first kappa shape index (κ1) is 15.3. The lowest BCUT2D eigenvalue weighted by Crippen LogP contribution is -2.40. The van der Waals surface area contributed by atoms with Crippen LogP contribution in [-0.4, -0.2) is 50.5 Å². The van der Waals surface area contributed by atoms with Crippen LogP contribution in [0.3, 0.4) is 0 Å². The Morgan fingerprint density at radius 1 is 1.50 bits per heavy atom. The molecule has 3 N–H and O–H groups in total. The van der Waals surface area contributed by atoms with Crippen molar-refractivity contribution < 1.29 is 14.6 Å². The number of carbonyl (C=O) groups excluding carboxylic acids is 1. The minimum Gasteiger partial charge on any atom is -0.391 e. The van der Waals surface area contributed by atoms with Crippen LogP contribution in [0.15, 0.2) is 0 Å². The molecule has 0 saturated carbocycles. The van der Waals surface area contributed by atoms with Gasteiger partial charge in [0.1, 0.15) is 0 Å². The zero-order valence-corrected chi connectivity index (χ0v) is 10.5. The molecule has 0 bridgehead atoms. The zero-order valence-electron chi connectivity index (χ0n) is 10.5. The maximum absolute atomic E-state index is 11.3. The fraction of sp³-hybridized carbons (Fsp3) is 0.909. The number of aliphatic hydroxyl groups is 1. The fourth-order valence-electron chi connectivity index (χ4n) is 1.13. The molecule has 0 rings (SSSR count). The highest BCUT2D eigenvalue weighted by Gasteiger charge is 2.12. The Bertz CT molecular complexity index is 188. The second-order valence-corrected chi connectivity index (χ2v) is 3.93. The van der Waals surface area contributed by atoms with Gasteiger partial charge in [0.2, 0.25) is 5.91 Å². The van der Waals surface area contributed by atoms with E-state index in [4.69, 9.17) is 4.74 Å². The van der Waals surface area contributed by atoms with Gasteiger partial charge < -0.3 is 20.5 Å². The van der Waals surface area contributed by atoms with Crippen LogP contribution < -0.4 is 10.6 Å². The number of ether oxygens (including phenoxy) is 1. The lowest BCUT2D eigenvalue weighted by molar-refractivity contribution is -0.120. The van der Waals surface area contributed by atoms with E-state index in [0.29, 0.717) is 19.7 Å². The van der Waals surface area contributed by atoms with Gasteiger partial charge >= 0.3 is 0 Å². The van der Waals surface area contributed by atoms with Gasteiger partial charge in [0.05, 0.1) is 19.3 Å². The van der Waals surface area contributed by atoms with E-state index in [1.54, 1.807) is 7.11 Å². The van der Waals surface area contributed by atoms with Crippen molar-refractivity contribution in [3.63, 3.8) is 0 Å². The van der Waals surface area contributed by atoms with Gasteiger partial charge in [-0.25, -0.2) is 0 Å². The summed E-state index contributed by atoms with van der Waals surface area (Å²) in [6, 6.07) is 0. The van der Waals surface area contributed by atoms with Crippen molar-refractivity contribution in [1.82, 2.24) is 10.6 Å². The third-order valence-electron chi connectivity index (χ3n) is 2.58. The summed E-state index contributed by atoms with van der Waals surface area (Å²) in [4.78, 5) is 11.3. The molecule has 0 spiro atoms. The van der Waals surface area contributed by atoms with Crippen molar-refractivity contribution in [2.45, 2.75) is 26.4 Å². The summed E-state index contributed by atoms with van der Waals surface area (Å²) < 4.78 is 4.83. The molecule has 2 unspecified atom stereocenters. The highest BCUT2D eigenvalue weighted by molar-refractivity contribution is 5.77. The van der Waals surface area contributed by atoms with Crippen LogP contribution in [0.25, 0.3) is 0 Å². The van der Waals surface area contributed by atoms with Crippen molar-refractivity contribution in [3.05, 3.63) is 0 Å². The van der Waals surface area contributed by atoms with Gasteiger partial charge in [0, 0.05) is 20.2 Å². The van der Waals surface area contributed by atoms with E-state index in [0.717, 1.165) is 6.42 Å². The second-order valence-electron chi connectivity index (χ2n) is 3.93. The van der Waals surface area contributed by atoms with Crippen LogP contribution in [0.5, 0.6) is 0 Å². The topological polar surface area (TPSA) is 70.6 Å². The Kier molecular flexibility index (Phi) is 9.18. The molecular formula is C11H24N2O3. The molecule has 0 aliphatic heterocycles. The van der Waals surface area contributed by atoms with E-state index in [1.165, 1.54) is 0 Å². The molecule has 0 heterocycles. The van der Waals surface area contributed by atoms with E-state index in [1.807, 2.05) is 13.8 Å². The molecule has 1 amide bonds. The summed E-state index contributed by atoms with van der Waals surface area (Å²) in [5.74, 6) is 0.111. The quantitative estimate of drug-likeness (QED) is 0.479. The second kappa shape index (κ2) is 9.57. The third kappa shape index (κ3) is 7.62. The maximum Gasteiger partial charge on any atom is 0.234 e. The molecule has 0 aliphatic carbocycles. The molecule has 96 valence electrons.